The largest absolute Gasteiger partial charge is 0.497 e. The number of benzene rings is 2. The Morgan fingerprint density at radius 3 is 2.59 bits per heavy atom. The van der Waals surface area contributed by atoms with Gasteiger partial charge in [0.05, 0.1) is 26.5 Å². The number of allylic oxidation sites excluding steroid dienone is 1. The highest BCUT2D eigenvalue weighted by Crippen LogP contribution is 2.32. The van der Waals surface area contributed by atoms with Gasteiger partial charge in [-0.05, 0) is 75.4 Å². The molecule has 39 heavy (non-hydrogen) atoms. The van der Waals surface area contributed by atoms with Crippen molar-refractivity contribution in [2.24, 2.45) is 0 Å². The average molecular weight is 529 g/mol. The SMILES string of the molecule is COc1ccc(-c2cc3n(n2)C[C@@](C)(C(=O)NCc2ccccc2OC)N(CCC2=CCCCC2)C3=O)cc1. The Morgan fingerprint density at radius 1 is 1.08 bits per heavy atom. The number of ether oxygens (including phenoxy) is 2. The van der Waals surface area contributed by atoms with Crippen LogP contribution in [0, 0.1) is 0 Å². The normalized spacial score (nSPS) is 18.8. The summed E-state index contributed by atoms with van der Waals surface area (Å²) in [5.74, 6) is 1.06. The van der Waals surface area contributed by atoms with Crippen LogP contribution in [0.4, 0.5) is 0 Å². The van der Waals surface area contributed by atoms with Crippen LogP contribution >= 0.6 is 0 Å². The third-order valence-electron chi connectivity index (χ3n) is 7.85. The van der Waals surface area contributed by atoms with E-state index < -0.39 is 5.54 Å². The molecule has 0 spiro atoms. The van der Waals surface area contributed by atoms with E-state index in [-0.39, 0.29) is 18.4 Å². The summed E-state index contributed by atoms with van der Waals surface area (Å²) in [4.78, 5) is 29.5. The second-order valence-electron chi connectivity index (χ2n) is 10.4. The molecule has 0 saturated heterocycles. The molecule has 8 nitrogen and oxygen atoms in total. The molecule has 0 saturated carbocycles. The lowest BCUT2D eigenvalue weighted by Crippen LogP contribution is -2.64. The number of hydrogen-bond donors (Lipinski definition) is 1. The summed E-state index contributed by atoms with van der Waals surface area (Å²) in [6.45, 7) is 2.89. The number of carbonyl (C=O) groups excluding carboxylic acids is 2. The summed E-state index contributed by atoms with van der Waals surface area (Å²) < 4.78 is 12.4. The summed E-state index contributed by atoms with van der Waals surface area (Å²) in [6, 6.07) is 17.0. The fourth-order valence-electron chi connectivity index (χ4n) is 5.50. The van der Waals surface area contributed by atoms with E-state index in [1.807, 2.05) is 61.5 Å². The smallest absolute Gasteiger partial charge is 0.273 e. The second-order valence-corrected chi connectivity index (χ2v) is 10.4. The van der Waals surface area contributed by atoms with Crippen molar-refractivity contribution in [1.82, 2.24) is 20.0 Å². The standard InChI is InChI=1S/C31H36N4O4/c1-31(30(37)32-20-24-11-7-8-12-28(24)39-3)21-35-27(19-26(33-35)23-13-15-25(38-2)16-14-23)29(36)34(31)18-17-22-9-5-4-6-10-22/h7-9,11-16,19H,4-6,10,17-18,20-21H2,1-3H3,(H,32,37)/t31-/m0/s1. The van der Waals surface area contributed by atoms with Gasteiger partial charge in [-0.2, -0.15) is 5.10 Å². The second kappa shape index (κ2) is 11.4. The molecule has 2 heterocycles. The van der Waals surface area contributed by atoms with E-state index in [9.17, 15) is 9.59 Å². The fourth-order valence-corrected chi connectivity index (χ4v) is 5.50. The van der Waals surface area contributed by atoms with E-state index in [1.54, 1.807) is 23.8 Å². The molecule has 8 heteroatoms. The van der Waals surface area contributed by atoms with Gasteiger partial charge >= 0.3 is 0 Å². The molecule has 1 atom stereocenters. The lowest BCUT2D eigenvalue weighted by atomic mass is 9.92. The molecule has 1 aromatic heterocycles. The molecule has 3 aromatic rings. The van der Waals surface area contributed by atoms with E-state index in [4.69, 9.17) is 14.6 Å². The quantitative estimate of drug-likeness (QED) is 0.396. The van der Waals surface area contributed by atoms with Crippen LogP contribution in [0.1, 0.15) is 55.1 Å². The third kappa shape index (κ3) is 5.41. The predicted molar refractivity (Wildman–Crippen MR) is 150 cm³/mol. The molecule has 1 aliphatic carbocycles. The first-order valence-corrected chi connectivity index (χ1v) is 13.6. The van der Waals surface area contributed by atoms with Crippen LogP contribution in [0.25, 0.3) is 11.3 Å². The van der Waals surface area contributed by atoms with Crippen molar-refractivity contribution in [3.8, 4) is 22.8 Å². The molecule has 0 bridgehead atoms. The number of hydrogen-bond acceptors (Lipinski definition) is 5. The zero-order valence-corrected chi connectivity index (χ0v) is 22.9. The lowest BCUT2D eigenvalue weighted by Gasteiger charge is -2.43. The van der Waals surface area contributed by atoms with Crippen molar-refractivity contribution in [3.63, 3.8) is 0 Å². The number of nitrogens with one attached hydrogen (secondary N) is 1. The molecule has 5 rings (SSSR count). The minimum absolute atomic E-state index is 0.181. The fraction of sp³-hybridized carbons (Fsp3) is 0.387. The number of para-hydroxylation sites is 1. The summed E-state index contributed by atoms with van der Waals surface area (Å²) in [5, 5.41) is 7.82. The number of fused-ring (bicyclic) bond motifs is 1. The van der Waals surface area contributed by atoms with Crippen LogP contribution in [0.15, 0.2) is 66.2 Å². The molecular weight excluding hydrogens is 492 g/mol. The summed E-state index contributed by atoms with van der Waals surface area (Å²) in [6.07, 6.45) is 7.58. The highest BCUT2D eigenvalue weighted by Gasteiger charge is 2.47. The lowest BCUT2D eigenvalue weighted by molar-refractivity contribution is -0.133. The maximum absolute atomic E-state index is 14.0. The minimum atomic E-state index is -1.11. The zero-order chi connectivity index (χ0) is 27.4. The Balaban J connectivity index is 1.43. The van der Waals surface area contributed by atoms with Gasteiger partial charge in [0.25, 0.3) is 5.91 Å². The summed E-state index contributed by atoms with van der Waals surface area (Å²) in [7, 11) is 3.24. The van der Waals surface area contributed by atoms with Crippen molar-refractivity contribution < 1.29 is 19.1 Å². The molecule has 0 unspecified atom stereocenters. The van der Waals surface area contributed by atoms with E-state index in [1.165, 1.54) is 18.4 Å². The topological polar surface area (TPSA) is 85.7 Å². The molecule has 204 valence electrons. The number of nitrogens with zero attached hydrogens (tertiary/aromatic N) is 3. The maximum Gasteiger partial charge on any atom is 0.273 e. The first-order chi connectivity index (χ1) is 18.9. The Hall–Kier alpha value is -4.07. The highest BCUT2D eigenvalue weighted by molar-refractivity contribution is 6.00. The number of carbonyl (C=O) groups is 2. The number of rotatable bonds is 9. The van der Waals surface area contributed by atoms with Gasteiger partial charge in [0.2, 0.25) is 5.91 Å². The molecule has 1 N–H and O–H groups in total. The van der Waals surface area contributed by atoms with Crippen LogP contribution < -0.4 is 14.8 Å². The van der Waals surface area contributed by atoms with Crippen LogP contribution in [0.2, 0.25) is 0 Å². The predicted octanol–water partition coefficient (Wildman–Crippen LogP) is 4.99. The van der Waals surface area contributed by atoms with Gasteiger partial charge in [0.1, 0.15) is 22.7 Å². The summed E-state index contributed by atoms with van der Waals surface area (Å²) >= 11 is 0. The van der Waals surface area contributed by atoms with Gasteiger partial charge in [-0.25, -0.2) is 0 Å². The number of amides is 2. The Labute approximate surface area is 229 Å². The third-order valence-corrected chi connectivity index (χ3v) is 7.85. The van der Waals surface area contributed by atoms with Gasteiger partial charge in [-0.15, -0.1) is 0 Å². The average Bonchev–Trinajstić information content (AvgIpc) is 3.40. The van der Waals surface area contributed by atoms with E-state index in [0.29, 0.717) is 30.2 Å². The van der Waals surface area contributed by atoms with E-state index in [0.717, 1.165) is 36.1 Å². The van der Waals surface area contributed by atoms with Crippen molar-refractivity contribution >= 4 is 11.8 Å². The van der Waals surface area contributed by atoms with Gasteiger partial charge < -0.3 is 19.7 Å². The molecule has 0 radical (unpaired) electrons. The Morgan fingerprint density at radius 2 is 1.87 bits per heavy atom. The molecule has 2 aliphatic rings. The van der Waals surface area contributed by atoms with Gasteiger partial charge in [-0.1, -0.05) is 29.8 Å². The van der Waals surface area contributed by atoms with Crippen molar-refractivity contribution in [2.75, 3.05) is 20.8 Å². The van der Waals surface area contributed by atoms with Crippen molar-refractivity contribution in [1.29, 1.82) is 0 Å². The minimum Gasteiger partial charge on any atom is -0.497 e. The van der Waals surface area contributed by atoms with Crippen LogP contribution in [-0.4, -0.2) is 52.8 Å². The number of methoxy groups -OCH3 is 2. The van der Waals surface area contributed by atoms with Gasteiger partial charge in [0.15, 0.2) is 0 Å². The van der Waals surface area contributed by atoms with Crippen molar-refractivity contribution in [2.45, 2.75) is 57.7 Å². The first-order valence-electron chi connectivity index (χ1n) is 13.6. The molecule has 2 amide bonds. The van der Waals surface area contributed by atoms with Gasteiger partial charge in [0, 0.05) is 24.2 Å². The molecule has 2 aromatic carbocycles. The number of aromatic nitrogens is 2. The zero-order valence-electron chi connectivity index (χ0n) is 22.9. The maximum atomic E-state index is 14.0. The Kier molecular flexibility index (Phi) is 7.72. The summed E-state index contributed by atoms with van der Waals surface area (Å²) in [5.41, 5.74) is 3.20. The highest BCUT2D eigenvalue weighted by atomic mass is 16.5. The van der Waals surface area contributed by atoms with E-state index >= 15 is 0 Å². The van der Waals surface area contributed by atoms with E-state index in [2.05, 4.69) is 11.4 Å². The van der Waals surface area contributed by atoms with Crippen LogP contribution in [-0.2, 0) is 17.9 Å². The first kappa shape index (κ1) is 26.5. The molecule has 1 aliphatic heterocycles. The van der Waals surface area contributed by atoms with Crippen LogP contribution in [0.3, 0.4) is 0 Å². The van der Waals surface area contributed by atoms with Crippen molar-refractivity contribution in [3.05, 3.63) is 77.5 Å². The van der Waals surface area contributed by atoms with Gasteiger partial charge in [-0.3, -0.25) is 14.3 Å². The monoisotopic (exact) mass is 528 g/mol. The Bertz CT molecular complexity index is 1380. The van der Waals surface area contributed by atoms with Crippen LogP contribution in [0.5, 0.6) is 11.5 Å². The molecule has 0 fully saturated rings. The molecular formula is C31H36N4O4.